The summed E-state index contributed by atoms with van der Waals surface area (Å²) in [7, 11) is 0. The van der Waals surface area contributed by atoms with Gasteiger partial charge in [-0.25, -0.2) is 13.2 Å². The van der Waals surface area contributed by atoms with Gasteiger partial charge in [-0.1, -0.05) is 15.9 Å². The Kier molecular flexibility index (Phi) is 33.5. The molecule has 0 aliphatic heterocycles. The third-order valence-corrected chi connectivity index (χ3v) is 6.47. The molecule has 0 saturated heterocycles. The van der Waals surface area contributed by atoms with Gasteiger partial charge in [0.15, 0.2) is 0 Å². The van der Waals surface area contributed by atoms with E-state index in [0.29, 0.717) is 132 Å². The van der Waals surface area contributed by atoms with Crippen LogP contribution in [-0.2, 0) is 61.6 Å². The molecule has 20 heteroatoms. The van der Waals surface area contributed by atoms with Crippen molar-refractivity contribution >= 4 is 21.9 Å². The first-order valence-corrected chi connectivity index (χ1v) is 18.2. The fourth-order valence-corrected chi connectivity index (χ4v) is 3.80. The third-order valence-electron chi connectivity index (χ3n) is 6.15. The topological polar surface area (TPSA) is 137 Å². The second-order valence-corrected chi connectivity index (χ2v) is 11.0. The Morgan fingerprint density at radius 3 is 0.792 bits per heavy atom. The Morgan fingerprint density at radius 1 is 0.340 bits per heavy atom. The zero-order valence-corrected chi connectivity index (χ0v) is 31.5. The van der Waals surface area contributed by atoms with Gasteiger partial charge in [0.05, 0.1) is 165 Å². The summed E-state index contributed by atoms with van der Waals surface area (Å²) in [5, 5.41) is 0.817. The molecule has 310 valence electrons. The molecule has 0 amide bonds. The van der Waals surface area contributed by atoms with Crippen molar-refractivity contribution in [2.75, 3.05) is 164 Å². The number of alkyl halides is 1. The predicted octanol–water partition coefficient (Wildman–Crippen LogP) is 3.27. The van der Waals surface area contributed by atoms with Crippen molar-refractivity contribution in [2.45, 2.75) is 6.42 Å². The standard InChI is InChI=1S/C33H52BrF5O14/c34-2-4-42-6-8-44-10-12-46-14-16-48-18-20-50-22-24-52-26-25-51-23-21-49-19-17-47-15-13-45-11-9-43-7-5-41-3-1-27(40)53-33-31(38)29(36)28(35)30(37)32(33)39/h1-26H2. The molecule has 0 heterocycles. The Bertz CT molecular complexity index is 1010. The average molecular weight is 848 g/mol. The van der Waals surface area contributed by atoms with E-state index in [0.717, 1.165) is 5.33 Å². The Labute approximate surface area is 315 Å². The van der Waals surface area contributed by atoms with E-state index in [1.165, 1.54) is 0 Å². The van der Waals surface area contributed by atoms with E-state index in [-0.39, 0.29) is 26.4 Å². The van der Waals surface area contributed by atoms with E-state index in [1.807, 2.05) is 0 Å². The molecule has 0 spiro atoms. The molecule has 0 N–H and O–H groups in total. The highest BCUT2D eigenvalue weighted by Gasteiger charge is 2.28. The fraction of sp³-hybridized carbons (Fsp3) is 0.788. The van der Waals surface area contributed by atoms with Crippen LogP contribution in [0.15, 0.2) is 0 Å². The second kappa shape index (κ2) is 36.0. The Morgan fingerprint density at radius 2 is 0.547 bits per heavy atom. The summed E-state index contributed by atoms with van der Waals surface area (Å²) in [5.41, 5.74) is 0. The number of esters is 1. The van der Waals surface area contributed by atoms with Crippen LogP contribution in [0.5, 0.6) is 5.75 Å². The van der Waals surface area contributed by atoms with E-state index in [2.05, 4.69) is 20.7 Å². The van der Waals surface area contributed by atoms with E-state index in [1.54, 1.807) is 0 Å². The summed E-state index contributed by atoms with van der Waals surface area (Å²) < 4.78 is 135. The van der Waals surface area contributed by atoms with Crippen molar-refractivity contribution in [3.8, 4) is 5.75 Å². The van der Waals surface area contributed by atoms with Crippen molar-refractivity contribution in [3.05, 3.63) is 29.1 Å². The summed E-state index contributed by atoms with van der Waals surface area (Å²) in [6.07, 6.45) is -0.488. The van der Waals surface area contributed by atoms with Crippen LogP contribution in [-0.4, -0.2) is 170 Å². The molecular formula is C33H52BrF5O14. The molecule has 1 aromatic rings. The van der Waals surface area contributed by atoms with E-state index < -0.39 is 47.2 Å². The van der Waals surface area contributed by atoms with Crippen LogP contribution < -0.4 is 4.74 Å². The maximum absolute atomic E-state index is 13.5. The van der Waals surface area contributed by atoms with Gasteiger partial charge >= 0.3 is 5.97 Å². The summed E-state index contributed by atoms with van der Waals surface area (Å²) in [4.78, 5) is 11.7. The average Bonchev–Trinajstić information content (AvgIpc) is 3.16. The molecule has 0 bridgehead atoms. The minimum absolute atomic E-state index is 0.0792. The highest BCUT2D eigenvalue weighted by Crippen LogP contribution is 2.29. The van der Waals surface area contributed by atoms with Crippen LogP contribution in [0.3, 0.4) is 0 Å². The van der Waals surface area contributed by atoms with Crippen LogP contribution in [0.4, 0.5) is 22.0 Å². The Hall–Kier alpha value is -1.66. The molecular weight excluding hydrogens is 795 g/mol. The first-order valence-electron chi connectivity index (χ1n) is 17.1. The van der Waals surface area contributed by atoms with Gasteiger partial charge in [0.25, 0.3) is 0 Å². The van der Waals surface area contributed by atoms with Gasteiger partial charge in [-0.2, -0.15) is 8.78 Å². The highest BCUT2D eigenvalue weighted by molar-refractivity contribution is 9.09. The number of carbonyl (C=O) groups excluding carboxylic acids is 1. The lowest BCUT2D eigenvalue weighted by atomic mass is 10.2. The molecule has 0 atom stereocenters. The summed E-state index contributed by atoms with van der Waals surface area (Å²) in [6.45, 7) is 9.65. The number of benzene rings is 1. The molecule has 14 nitrogen and oxygen atoms in total. The molecule has 1 rings (SSSR count). The number of ether oxygens (including phenoxy) is 13. The SMILES string of the molecule is O=C(CCOCCOCCOCCOCCOCCOCCOCCOCCOCCOCCOCCOCCBr)Oc1c(F)c(F)c(F)c(F)c1F. The minimum Gasteiger partial charge on any atom is -0.420 e. The summed E-state index contributed by atoms with van der Waals surface area (Å²) >= 11 is 3.29. The van der Waals surface area contributed by atoms with Crippen LogP contribution in [0.1, 0.15) is 6.42 Å². The molecule has 0 aromatic heterocycles. The maximum atomic E-state index is 13.5. The van der Waals surface area contributed by atoms with Gasteiger partial charge in [-0.15, -0.1) is 0 Å². The van der Waals surface area contributed by atoms with E-state index in [9.17, 15) is 26.7 Å². The monoisotopic (exact) mass is 846 g/mol. The summed E-state index contributed by atoms with van der Waals surface area (Å²) in [6, 6.07) is 0. The fourth-order valence-electron chi connectivity index (χ4n) is 3.57. The van der Waals surface area contributed by atoms with Gasteiger partial charge in [0, 0.05) is 5.33 Å². The molecule has 53 heavy (non-hydrogen) atoms. The number of halogens is 6. The smallest absolute Gasteiger partial charge is 0.313 e. The quantitative estimate of drug-likeness (QED) is 0.0182. The minimum atomic E-state index is -2.35. The molecule has 0 unspecified atom stereocenters. The molecule has 0 aliphatic carbocycles. The zero-order chi connectivity index (χ0) is 38.6. The molecule has 0 aliphatic rings. The largest absolute Gasteiger partial charge is 0.420 e. The van der Waals surface area contributed by atoms with Gasteiger partial charge in [-0.3, -0.25) is 4.79 Å². The van der Waals surface area contributed by atoms with Crippen LogP contribution >= 0.6 is 15.9 Å². The normalized spacial score (nSPS) is 11.5. The first kappa shape index (κ1) is 49.4. The first-order chi connectivity index (χ1) is 25.9. The summed E-state index contributed by atoms with van der Waals surface area (Å²) in [5.74, 6) is -14.1. The lowest BCUT2D eigenvalue weighted by molar-refractivity contribution is -0.136. The molecule has 0 fully saturated rings. The van der Waals surface area contributed by atoms with Crippen molar-refractivity contribution in [1.29, 1.82) is 0 Å². The van der Waals surface area contributed by atoms with Gasteiger partial charge in [-0.05, 0) is 0 Å². The number of hydrogen-bond acceptors (Lipinski definition) is 14. The molecule has 0 saturated carbocycles. The predicted molar refractivity (Wildman–Crippen MR) is 180 cm³/mol. The Balaban J connectivity index is 1.72. The van der Waals surface area contributed by atoms with Crippen LogP contribution in [0.25, 0.3) is 0 Å². The van der Waals surface area contributed by atoms with Crippen LogP contribution in [0.2, 0.25) is 0 Å². The highest BCUT2D eigenvalue weighted by atomic mass is 79.9. The second-order valence-electron chi connectivity index (χ2n) is 10.2. The van der Waals surface area contributed by atoms with E-state index in [4.69, 9.17) is 56.8 Å². The molecule has 1 aromatic carbocycles. The maximum Gasteiger partial charge on any atom is 0.313 e. The van der Waals surface area contributed by atoms with E-state index >= 15 is 0 Å². The number of rotatable bonds is 39. The number of hydrogen-bond donors (Lipinski definition) is 0. The van der Waals surface area contributed by atoms with Crippen molar-refractivity contribution in [1.82, 2.24) is 0 Å². The van der Waals surface area contributed by atoms with Gasteiger partial charge < -0.3 is 61.6 Å². The van der Waals surface area contributed by atoms with Crippen molar-refractivity contribution < 1.29 is 88.3 Å². The number of carbonyl (C=O) groups is 1. The third kappa shape index (κ3) is 27.6. The van der Waals surface area contributed by atoms with Gasteiger partial charge in [0.1, 0.15) is 0 Å². The van der Waals surface area contributed by atoms with Crippen molar-refractivity contribution in [3.63, 3.8) is 0 Å². The van der Waals surface area contributed by atoms with Crippen LogP contribution in [0, 0.1) is 29.1 Å². The lowest BCUT2D eigenvalue weighted by Crippen LogP contribution is -2.16. The zero-order valence-electron chi connectivity index (χ0n) is 29.9. The molecule has 0 radical (unpaired) electrons. The lowest BCUT2D eigenvalue weighted by Gasteiger charge is -2.09. The van der Waals surface area contributed by atoms with Gasteiger partial charge in [0.2, 0.25) is 34.8 Å². The van der Waals surface area contributed by atoms with Crippen molar-refractivity contribution in [2.24, 2.45) is 0 Å².